The standard InChI is InChI=1S/C6H7BN2O3/c1-9-5(4-8)2-3-6(9)12-7(10)11/h2-3,10-11H,1H3. The maximum atomic E-state index is 8.51. The highest BCUT2D eigenvalue weighted by atomic mass is 16.6. The third-order valence-corrected chi connectivity index (χ3v) is 1.42. The first-order valence-corrected chi connectivity index (χ1v) is 3.23. The lowest BCUT2D eigenvalue weighted by Gasteiger charge is -2.04. The molecule has 0 spiro atoms. The molecule has 5 nitrogen and oxygen atoms in total. The third-order valence-electron chi connectivity index (χ3n) is 1.42. The number of rotatable bonds is 2. The maximum absolute atomic E-state index is 8.51. The van der Waals surface area contributed by atoms with Gasteiger partial charge in [0.05, 0.1) is 0 Å². The van der Waals surface area contributed by atoms with Gasteiger partial charge in [0, 0.05) is 7.05 Å². The van der Waals surface area contributed by atoms with Gasteiger partial charge in [0.2, 0.25) is 0 Å². The van der Waals surface area contributed by atoms with E-state index in [4.69, 9.17) is 15.3 Å². The normalized spacial score (nSPS) is 9.17. The zero-order valence-electron chi connectivity index (χ0n) is 6.43. The minimum Gasteiger partial charge on any atom is -0.499 e. The van der Waals surface area contributed by atoms with E-state index in [0.717, 1.165) is 0 Å². The van der Waals surface area contributed by atoms with E-state index in [0.29, 0.717) is 5.69 Å². The van der Waals surface area contributed by atoms with Crippen LogP contribution in [0.3, 0.4) is 0 Å². The van der Waals surface area contributed by atoms with Crippen molar-refractivity contribution >= 4 is 7.32 Å². The van der Waals surface area contributed by atoms with Crippen molar-refractivity contribution in [3.05, 3.63) is 17.8 Å². The quantitative estimate of drug-likeness (QED) is 0.566. The lowest BCUT2D eigenvalue weighted by molar-refractivity contribution is 0.279. The molecule has 0 atom stereocenters. The van der Waals surface area contributed by atoms with Crippen LogP contribution in [0.25, 0.3) is 0 Å². The van der Waals surface area contributed by atoms with Crippen molar-refractivity contribution in [1.29, 1.82) is 5.26 Å². The summed E-state index contributed by atoms with van der Waals surface area (Å²) in [6.07, 6.45) is 0. The van der Waals surface area contributed by atoms with Gasteiger partial charge in [0.1, 0.15) is 11.8 Å². The zero-order valence-corrected chi connectivity index (χ0v) is 6.43. The van der Waals surface area contributed by atoms with Crippen LogP contribution in [0.2, 0.25) is 0 Å². The van der Waals surface area contributed by atoms with Gasteiger partial charge in [-0.15, -0.1) is 0 Å². The lowest BCUT2D eigenvalue weighted by Crippen LogP contribution is -2.21. The van der Waals surface area contributed by atoms with Crippen LogP contribution in [0, 0.1) is 11.3 Å². The fourth-order valence-electron chi connectivity index (χ4n) is 0.831. The van der Waals surface area contributed by atoms with Gasteiger partial charge in [-0.1, -0.05) is 0 Å². The van der Waals surface area contributed by atoms with E-state index in [9.17, 15) is 0 Å². The minimum atomic E-state index is -1.86. The van der Waals surface area contributed by atoms with Crippen LogP contribution in [0.4, 0.5) is 0 Å². The molecule has 12 heavy (non-hydrogen) atoms. The van der Waals surface area contributed by atoms with Crippen molar-refractivity contribution < 1.29 is 14.7 Å². The molecule has 0 aliphatic rings. The number of aromatic nitrogens is 1. The van der Waals surface area contributed by atoms with E-state index in [-0.39, 0.29) is 5.88 Å². The fraction of sp³-hybridized carbons (Fsp3) is 0.167. The topological polar surface area (TPSA) is 78.4 Å². The molecule has 0 radical (unpaired) electrons. The van der Waals surface area contributed by atoms with Gasteiger partial charge in [-0.3, -0.25) is 0 Å². The first kappa shape index (κ1) is 8.65. The summed E-state index contributed by atoms with van der Waals surface area (Å²) in [6.45, 7) is 0. The Bertz CT molecular complexity index is 315. The third kappa shape index (κ3) is 1.58. The Labute approximate surface area is 69.6 Å². The van der Waals surface area contributed by atoms with Crippen LogP contribution < -0.4 is 4.65 Å². The summed E-state index contributed by atoms with van der Waals surface area (Å²) >= 11 is 0. The summed E-state index contributed by atoms with van der Waals surface area (Å²) in [4.78, 5) is 0. The highest BCUT2D eigenvalue weighted by Gasteiger charge is 2.14. The molecule has 1 rings (SSSR count). The summed E-state index contributed by atoms with van der Waals surface area (Å²) in [5.74, 6) is 0.238. The Morgan fingerprint density at radius 2 is 2.25 bits per heavy atom. The molecule has 0 amide bonds. The van der Waals surface area contributed by atoms with Gasteiger partial charge < -0.3 is 19.3 Å². The Kier molecular flexibility index (Phi) is 2.38. The fourth-order valence-corrected chi connectivity index (χ4v) is 0.831. The summed E-state index contributed by atoms with van der Waals surface area (Å²) in [5, 5.41) is 25.4. The molecule has 0 aromatic carbocycles. The van der Waals surface area contributed by atoms with Crippen LogP contribution in [-0.2, 0) is 7.05 Å². The average molecular weight is 166 g/mol. The second kappa shape index (κ2) is 3.30. The molecule has 1 heterocycles. The zero-order chi connectivity index (χ0) is 9.14. The Morgan fingerprint density at radius 3 is 2.67 bits per heavy atom. The van der Waals surface area contributed by atoms with Crippen molar-refractivity contribution in [3.63, 3.8) is 0 Å². The Morgan fingerprint density at radius 1 is 1.58 bits per heavy atom. The van der Waals surface area contributed by atoms with E-state index in [2.05, 4.69) is 4.65 Å². The van der Waals surface area contributed by atoms with Gasteiger partial charge in [-0.25, -0.2) is 0 Å². The molecule has 0 fully saturated rings. The van der Waals surface area contributed by atoms with E-state index < -0.39 is 7.32 Å². The molecule has 0 bridgehead atoms. The van der Waals surface area contributed by atoms with Crippen molar-refractivity contribution in [2.45, 2.75) is 0 Å². The maximum Gasteiger partial charge on any atom is 0.708 e. The van der Waals surface area contributed by atoms with Gasteiger partial charge in [-0.05, 0) is 12.1 Å². The minimum absolute atomic E-state index is 0.238. The second-order valence-corrected chi connectivity index (χ2v) is 2.17. The largest absolute Gasteiger partial charge is 0.708 e. The first-order chi connectivity index (χ1) is 5.65. The monoisotopic (exact) mass is 166 g/mol. The number of hydrogen-bond acceptors (Lipinski definition) is 4. The number of hydrogen-bond donors (Lipinski definition) is 2. The molecule has 0 aliphatic heterocycles. The summed E-state index contributed by atoms with van der Waals surface area (Å²) in [6, 6.07) is 4.92. The number of nitrogens with zero attached hydrogens (tertiary/aromatic N) is 2. The molecule has 6 heteroatoms. The second-order valence-electron chi connectivity index (χ2n) is 2.17. The average Bonchev–Trinajstić information content (AvgIpc) is 2.32. The molecule has 0 saturated carbocycles. The van der Waals surface area contributed by atoms with Crippen LogP contribution >= 0.6 is 0 Å². The molecule has 0 saturated heterocycles. The van der Waals surface area contributed by atoms with Crippen LogP contribution in [-0.4, -0.2) is 21.9 Å². The summed E-state index contributed by atoms with van der Waals surface area (Å²) in [5.41, 5.74) is 0.394. The van der Waals surface area contributed by atoms with Gasteiger partial charge in [0.25, 0.3) is 0 Å². The molecule has 2 N–H and O–H groups in total. The molecule has 1 aromatic heterocycles. The predicted molar refractivity (Wildman–Crippen MR) is 40.9 cm³/mol. The first-order valence-electron chi connectivity index (χ1n) is 3.23. The smallest absolute Gasteiger partial charge is 0.499 e. The van der Waals surface area contributed by atoms with Gasteiger partial charge >= 0.3 is 7.32 Å². The molecule has 62 valence electrons. The van der Waals surface area contributed by atoms with Crippen molar-refractivity contribution in [2.75, 3.05) is 0 Å². The molecular formula is C6H7BN2O3. The van der Waals surface area contributed by atoms with Crippen LogP contribution in [0.1, 0.15) is 5.69 Å². The summed E-state index contributed by atoms with van der Waals surface area (Å²) in [7, 11) is -0.263. The van der Waals surface area contributed by atoms with Crippen molar-refractivity contribution in [2.24, 2.45) is 7.05 Å². The molecule has 1 aromatic rings. The van der Waals surface area contributed by atoms with E-state index in [1.807, 2.05) is 6.07 Å². The molecule has 0 aliphatic carbocycles. The highest BCUT2D eigenvalue weighted by Crippen LogP contribution is 2.14. The number of nitriles is 1. The predicted octanol–water partition coefficient (Wildman–Crippen LogP) is -0.755. The van der Waals surface area contributed by atoms with Gasteiger partial charge in [0.15, 0.2) is 5.88 Å². The molecular weight excluding hydrogens is 159 g/mol. The van der Waals surface area contributed by atoms with E-state index in [1.54, 1.807) is 7.05 Å². The lowest BCUT2D eigenvalue weighted by atomic mass is 10.3. The van der Waals surface area contributed by atoms with Crippen LogP contribution in [0.5, 0.6) is 5.88 Å². The van der Waals surface area contributed by atoms with E-state index >= 15 is 0 Å². The Balaban J connectivity index is 2.89. The Hall–Kier alpha value is -1.45. The summed E-state index contributed by atoms with van der Waals surface area (Å²) < 4.78 is 5.97. The van der Waals surface area contributed by atoms with Crippen LogP contribution in [0.15, 0.2) is 12.1 Å². The molecule has 0 unspecified atom stereocenters. The SMILES string of the molecule is Cn1c(C#N)ccc1OB(O)O. The van der Waals surface area contributed by atoms with E-state index in [1.165, 1.54) is 16.7 Å². The van der Waals surface area contributed by atoms with Crippen molar-refractivity contribution in [3.8, 4) is 11.9 Å². The van der Waals surface area contributed by atoms with Gasteiger partial charge in [-0.2, -0.15) is 5.26 Å². The highest BCUT2D eigenvalue weighted by molar-refractivity contribution is 6.33. The van der Waals surface area contributed by atoms with Crippen molar-refractivity contribution in [1.82, 2.24) is 4.57 Å².